The van der Waals surface area contributed by atoms with Gasteiger partial charge in [0, 0.05) is 6.20 Å². The smallest absolute Gasteiger partial charge is 0.307 e. The maximum atomic E-state index is 5.34. The lowest BCUT2D eigenvalue weighted by molar-refractivity contribution is 0.596. The van der Waals surface area contributed by atoms with Gasteiger partial charge in [-0.25, -0.2) is 0 Å². The van der Waals surface area contributed by atoms with Crippen molar-refractivity contribution in [2.45, 2.75) is 0 Å². The van der Waals surface area contributed by atoms with Gasteiger partial charge in [-0.05, 0) is 0 Å². The third-order valence-electron chi connectivity index (χ3n) is 1.11. The molecule has 4 heteroatoms. The van der Waals surface area contributed by atoms with Crippen LogP contribution in [0.4, 0.5) is 5.82 Å². The van der Waals surface area contributed by atoms with Crippen molar-refractivity contribution in [3.8, 4) is 0 Å². The molecule has 0 aromatic carbocycles. The number of hydrogen-bond acceptors (Lipinski definition) is 3. The summed E-state index contributed by atoms with van der Waals surface area (Å²) < 4.78 is 6.63. The maximum Gasteiger partial charge on any atom is 0.307 e. The Morgan fingerprint density at radius 1 is 1.67 bits per heavy atom. The van der Waals surface area contributed by atoms with Gasteiger partial charge >= 0.3 is 5.84 Å². The fourth-order valence-corrected chi connectivity index (χ4v) is 0.746. The summed E-state index contributed by atoms with van der Waals surface area (Å²) in [4.78, 5) is 3.85. The zero-order valence-electron chi connectivity index (χ0n) is 4.61. The molecule has 0 aliphatic rings. The summed E-state index contributed by atoms with van der Waals surface area (Å²) in [5.74, 6) is 1.02. The van der Waals surface area contributed by atoms with Crippen molar-refractivity contribution in [2.75, 3.05) is 5.73 Å². The fraction of sp³-hybridized carbons (Fsp3) is 0. The average Bonchev–Trinajstić information content (AvgIpc) is 2.22. The van der Waals surface area contributed by atoms with E-state index in [4.69, 9.17) is 10.2 Å². The molecule has 0 aliphatic heterocycles. The van der Waals surface area contributed by atoms with Crippen LogP contribution in [-0.4, -0.2) is 9.38 Å². The first-order valence-electron chi connectivity index (χ1n) is 2.54. The lowest BCUT2D eigenvalue weighted by Crippen LogP contribution is -1.80. The molecule has 2 rings (SSSR count). The van der Waals surface area contributed by atoms with Crippen molar-refractivity contribution in [3.63, 3.8) is 0 Å². The van der Waals surface area contributed by atoms with E-state index in [1.807, 2.05) is 0 Å². The molecule has 0 bridgehead atoms. The topological polar surface area (TPSA) is 56.5 Å². The van der Waals surface area contributed by atoms with Crippen molar-refractivity contribution in [3.05, 3.63) is 18.7 Å². The molecule has 0 atom stereocenters. The number of nitrogens with zero attached hydrogens (tertiary/aromatic N) is 2. The van der Waals surface area contributed by atoms with Crippen LogP contribution < -0.4 is 5.73 Å². The van der Waals surface area contributed by atoms with E-state index < -0.39 is 0 Å². The maximum absolute atomic E-state index is 5.34. The van der Waals surface area contributed by atoms with E-state index in [9.17, 15) is 0 Å². The summed E-state index contributed by atoms with van der Waals surface area (Å²) in [5, 5.41) is 0. The van der Waals surface area contributed by atoms with E-state index in [1.54, 1.807) is 23.1 Å². The minimum absolute atomic E-state index is 0.481. The van der Waals surface area contributed by atoms with Gasteiger partial charge in [-0.2, -0.15) is 4.98 Å². The molecule has 0 aliphatic carbocycles. The minimum atomic E-state index is 0.481. The van der Waals surface area contributed by atoms with Crippen LogP contribution in [0.25, 0.3) is 5.84 Å². The Hall–Kier alpha value is -1.45. The van der Waals surface area contributed by atoms with Crippen molar-refractivity contribution in [2.24, 2.45) is 0 Å². The molecule has 0 amide bonds. The van der Waals surface area contributed by atoms with Gasteiger partial charge in [-0.1, -0.05) is 0 Å². The molecule has 0 radical (unpaired) electrons. The van der Waals surface area contributed by atoms with Gasteiger partial charge < -0.3 is 10.2 Å². The number of nitrogen functional groups attached to an aromatic ring is 1. The molecule has 2 aromatic heterocycles. The fourth-order valence-electron chi connectivity index (χ4n) is 0.746. The molecule has 2 N–H and O–H groups in total. The van der Waals surface area contributed by atoms with Crippen molar-refractivity contribution >= 4 is 11.7 Å². The number of fused-ring (bicyclic) bond motifs is 1. The van der Waals surface area contributed by atoms with Crippen LogP contribution in [0.1, 0.15) is 0 Å². The molecule has 2 aromatic rings. The van der Waals surface area contributed by atoms with E-state index in [0.29, 0.717) is 11.7 Å². The summed E-state index contributed by atoms with van der Waals surface area (Å²) in [5.41, 5.74) is 5.34. The second kappa shape index (κ2) is 1.28. The van der Waals surface area contributed by atoms with Crippen LogP contribution in [0.2, 0.25) is 0 Å². The second-order valence-electron chi connectivity index (χ2n) is 1.76. The van der Waals surface area contributed by atoms with E-state index in [1.165, 1.54) is 0 Å². The number of hydrogen-bond donors (Lipinski definition) is 1. The van der Waals surface area contributed by atoms with Crippen molar-refractivity contribution in [1.82, 2.24) is 9.38 Å². The van der Waals surface area contributed by atoms with Crippen molar-refractivity contribution in [1.29, 1.82) is 0 Å². The average molecular weight is 123 g/mol. The van der Waals surface area contributed by atoms with E-state index >= 15 is 0 Å². The summed E-state index contributed by atoms with van der Waals surface area (Å²) in [6.45, 7) is 0. The molecule has 4 nitrogen and oxygen atoms in total. The zero-order chi connectivity index (χ0) is 6.27. The Labute approximate surface area is 50.9 Å². The van der Waals surface area contributed by atoms with E-state index in [0.717, 1.165) is 0 Å². The van der Waals surface area contributed by atoms with Gasteiger partial charge in [-0.3, -0.25) is 4.40 Å². The first kappa shape index (κ1) is 4.43. The molecular weight excluding hydrogens is 118 g/mol. The Morgan fingerprint density at radius 3 is 3.33 bits per heavy atom. The van der Waals surface area contributed by atoms with Gasteiger partial charge in [-0.15, -0.1) is 0 Å². The quantitative estimate of drug-likeness (QED) is 0.555. The third kappa shape index (κ3) is 0.495. The third-order valence-corrected chi connectivity index (χ3v) is 1.11. The molecule has 9 heavy (non-hydrogen) atoms. The lowest BCUT2D eigenvalue weighted by atomic mass is 10.8. The van der Waals surface area contributed by atoms with Gasteiger partial charge in [0.25, 0.3) is 0 Å². The van der Waals surface area contributed by atoms with Gasteiger partial charge in [0.2, 0.25) is 0 Å². The lowest BCUT2D eigenvalue weighted by Gasteiger charge is -1.70. The summed E-state index contributed by atoms with van der Waals surface area (Å²) in [6.07, 6.45) is 5.00. The highest BCUT2D eigenvalue weighted by Gasteiger charge is 1.97. The SMILES string of the molecule is Nc1cn2ccoc2n1. The van der Waals surface area contributed by atoms with Crippen LogP contribution >= 0.6 is 0 Å². The highest BCUT2D eigenvalue weighted by molar-refractivity contribution is 5.37. The highest BCUT2D eigenvalue weighted by Crippen LogP contribution is 2.05. The van der Waals surface area contributed by atoms with Crippen LogP contribution in [0.3, 0.4) is 0 Å². The Kier molecular flexibility index (Phi) is 0.631. The normalized spacial score (nSPS) is 10.7. The van der Waals surface area contributed by atoms with Gasteiger partial charge in [0.05, 0.1) is 6.20 Å². The van der Waals surface area contributed by atoms with E-state index in [2.05, 4.69) is 4.98 Å². The first-order chi connectivity index (χ1) is 4.36. The number of aromatic nitrogens is 2. The molecule has 0 saturated heterocycles. The number of nitrogens with two attached hydrogens (primary N) is 1. The molecule has 0 fully saturated rings. The predicted octanol–water partition coefficient (Wildman–Crippen LogP) is 0.510. The van der Waals surface area contributed by atoms with Crippen LogP contribution in [-0.2, 0) is 0 Å². The second-order valence-corrected chi connectivity index (χ2v) is 1.76. The Morgan fingerprint density at radius 2 is 2.56 bits per heavy atom. The number of anilines is 1. The largest absolute Gasteiger partial charge is 0.432 e. The number of oxazole rings is 1. The highest BCUT2D eigenvalue weighted by atomic mass is 16.3. The van der Waals surface area contributed by atoms with Crippen LogP contribution in [0.5, 0.6) is 0 Å². The number of imidazole rings is 1. The predicted molar refractivity (Wildman–Crippen MR) is 31.9 cm³/mol. The molecule has 2 heterocycles. The van der Waals surface area contributed by atoms with Gasteiger partial charge in [0.15, 0.2) is 0 Å². The summed E-state index contributed by atoms with van der Waals surface area (Å²) >= 11 is 0. The van der Waals surface area contributed by atoms with Crippen LogP contribution in [0, 0.1) is 0 Å². The summed E-state index contributed by atoms with van der Waals surface area (Å²) in [7, 11) is 0. The standard InChI is InChI=1S/C5H5N3O/c6-4-3-8-1-2-9-5(8)7-4/h1-3H,6H2. The monoisotopic (exact) mass is 123 g/mol. The Balaban J connectivity index is 2.92. The number of rotatable bonds is 0. The Bertz CT molecular complexity index is 293. The molecule has 0 spiro atoms. The summed E-state index contributed by atoms with van der Waals surface area (Å²) in [6, 6.07) is 0. The van der Waals surface area contributed by atoms with E-state index in [-0.39, 0.29) is 0 Å². The zero-order valence-corrected chi connectivity index (χ0v) is 4.61. The van der Waals surface area contributed by atoms with Crippen molar-refractivity contribution < 1.29 is 4.42 Å². The molecule has 0 saturated carbocycles. The molecule has 46 valence electrons. The minimum Gasteiger partial charge on any atom is -0.432 e. The molecule has 0 unspecified atom stereocenters. The van der Waals surface area contributed by atoms with Crippen LogP contribution in [0.15, 0.2) is 23.1 Å². The first-order valence-corrected chi connectivity index (χ1v) is 2.54. The molecular formula is C5H5N3O. The van der Waals surface area contributed by atoms with Gasteiger partial charge in [0.1, 0.15) is 12.1 Å².